The third-order valence-corrected chi connectivity index (χ3v) is 5.83. The highest BCUT2D eigenvalue weighted by atomic mass is 19.4. The predicted molar refractivity (Wildman–Crippen MR) is 127 cm³/mol. The Labute approximate surface area is 216 Å². The van der Waals surface area contributed by atoms with Crippen LogP contribution in [0.1, 0.15) is 53.3 Å². The van der Waals surface area contributed by atoms with Gasteiger partial charge in [0.15, 0.2) is 11.6 Å². The van der Waals surface area contributed by atoms with Crippen LogP contribution in [0.3, 0.4) is 0 Å². The number of hydrogen-bond donors (Lipinski definition) is 2. The Bertz CT molecular complexity index is 1120. The van der Waals surface area contributed by atoms with E-state index in [-0.39, 0.29) is 42.6 Å². The second-order valence-corrected chi connectivity index (χ2v) is 8.57. The molecule has 0 atom stereocenters. The molecule has 1 saturated carbocycles. The van der Waals surface area contributed by atoms with Gasteiger partial charge in [0.2, 0.25) is 0 Å². The molecule has 1 fully saturated rings. The van der Waals surface area contributed by atoms with Gasteiger partial charge in [-0.15, -0.1) is 13.2 Å². The van der Waals surface area contributed by atoms with Crippen molar-refractivity contribution in [3.05, 3.63) is 59.4 Å². The summed E-state index contributed by atoms with van der Waals surface area (Å²) >= 11 is 0. The molecule has 2 amide bonds. The van der Waals surface area contributed by atoms with Gasteiger partial charge >= 0.3 is 12.3 Å². The van der Waals surface area contributed by atoms with Crippen LogP contribution in [0.2, 0.25) is 0 Å². The molecule has 3 rings (SSSR count). The third-order valence-electron chi connectivity index (χ3n) is 5.83. The van der Waals surface area contributed by atoms with Crippen molar-refractivity contribution in [2.45, 2.75) is 45.1 Å². The maximum Gasteiger partial charge on any atom is 0.573 e. The Balaban J connectivity index is 1.38. The van der Waals surface area contributed by atoms with E-state index in [0.29, 0.717) is 42.9 Å². The van der Waals surface area contributed by atoms with Crippen LogP contribution in [0.15, 0.2) is 42.5 Å². The average Bonchev–Trinajstić information content (AvgIpc) is 2.88. The van der Waals surface area contributed by atoms with Gasteiger partial charge in [0.1, 0.15) is 5.75 Å². The number of alkyl halides is 3. The molecule has 0 bridgehead atoms. The van der Waals surface area contributed by atoms with E-state index in [4.69, 9.17) is 9.47 Å². The van der Waals surface area contributed by atoms with Gasteiger partial charge in [0.05, 0.1) is 18.6 Å². The number of hydrogen-bond acceptors (Lipinski definition) is 6. The van der Waals surface area contributed by atoms with E-state index in [1.807, 2.05) is 0 Å². The topological polar surface area (TPSA) is 103 Å². The van der Waals surface area contributed by atoms with E-state index in [9.17, 15) is 31.9 Å². The first-order valence-electron chi connectivity index (χ1n) is 12.1. The average molecular weight is 541 g/mol. The highest BCUT2D eigenvalue weighted by Gasteiger charge is 2.32. The molecule has 8 nitrogen and oxygen atoms in total. The lowest BCUT2D eigenvalue weighted by Crippen LogP contribution is -2.34. The minimum absolute atomic E-state index is 0.00264. The summed E-state index contributed by atoms with van der Waals surface area (Å²) in [6.07, 6.45) is -2.21. The lowest BCUT2D eigenvalue weighted by atomic mass is 9.87. The van der Waals surface area contributed by atoms with E-state index < -0.39 is 23.8 Å². The zero-order valence-electron chi connectivity index (χ0n) is 20.6. The van der Waals surface area contributed by atoms with Crippen LogP contribution in [0.5, 0.6) is 11.5 Å². The van der Waals surface area contributed by atoms with Gasteiger partial charge in [-0.05, 0) is 75.1 Å². The van der Waals surface area contributed by atoms with Gasteiger partial charge in [-0.2, -0.15) is 0 Å². The Morgan fingerprint density at radius 2 is 1.47 bits per heavy atom. The van der Waals surface area contributed by atoms with E-state index in [2.05, 4.69) is 15.4 Å². The molecular formula is C26H28F4N2O6. The van der Waals surface area contributed by atoms with E-state index >= 15 is 0 Å². The maximum atomic E-state index is 13.8. The fourth-order valence-electron chi connectivity index (χ4n) is 3.96. The van der Waals surface area contributed by atoms with Gasteiger partial charge in [-0.1, -0.05) is 0 Å². The summed E-state index contributed by atoms with van der Waals surface area (Å²) in [5.41, 5.74) is 0.172. The molecule has 0 heterocycles. The van der Waals surface area contributed by atoms with Crippen LogP contribution < -0.4 is 20.1 Å². The molecule has 0 radical (unpaired) electrons. The second kappa shape index (κ2) is 13.1. The van der Waals surface area contributed by atoms with Crippen molar-refractivity contribution in [2.24, 2.45) is 5.92 Å². The highest BCUT2D eigenvalue weighted by molar-refractivity contribution is 5.95. The van der Waals surface area contributed by atoms with Crippen LogP contribution >= 0.6 is 0 Å². The number of carbonyl (C=O) groups excluding carboxylic acids is 3. The number of nitrogens with one attached hydrogen (secondary N) is 2. The SMILES string of the molecule is CCOC(=O)[C@H]1CC[C@@H](Oc2ccc(C(=O)NCCNC(=O)c3ccc(OC(F)(F)F)c(F)c3)cc2)CC1. The van der Waals surface area contributed by atoms with Crippen LogP contribution in [-0.4, -0.2) is 49.9 Å². The minimum atomic E-state index is -5.05. The molecule has 0 aromatic heterocycles. The maximum absolute atomic E-state index is 13.8. The molecule has 2 aromatic rings. The number of halogens is 4. The summed E-state index contributed by atoms with van der Waals surface area (Å²) in [4.78, 5) is 36.3. The minimum Gasteiger partial charge on any atom is -0.490 e. The Morgan fingerprint density at radius 3 is 2.03 bits per heavy atom. The van der Waals surface area contributed by atoms with Crippen molar-refractivity contribution in [2.75, 3.05) is 19.7 Å². The Kier molecular flexibility index (Phi) is 9.91. The monoisotopic (exact) mass is 540 g/mol. The molecule has 12 heteroatoms. The second-order valence-electron chi connectivity index (χ2n) is 8.57. The van der Waals surface area contributed by atoms with Gasteiger partial charge in [-0.25, -0.2) is 4.39 Å². The molecule has 0 saturated heterocycles. The first kappa shape index (κ1) is 28.7. The molecule has 0 spiro atoms. The molecule has 206 valence electrons. The molecular weight excluding hydrogens is 512 g/mol. The highest BCUT2D eigenvalue weighted by Crippen LogP contribution is 2.29. The molecule has 2 aromatic carbocycles. The van der Waals surface area contributed by atoms with Gasteiger partial charge in [0.25, 0.3) is 11.8 Å². The zero-order chi connectivity index (χ0) is 27.7. The summed E-state index contributed by atoms with van der Waals surface area (Å²) < 4.78 is 65.0. The number of amides is 2. The van der Waals surface area contributed by atoms with E-state index in [1.54, 1.807) is 31.2 Å². The van der Waals surface area contributed by atoms with Crippen molar-refractivity contribution < 1.29 is 46.2 Å². The van der Waals surface area contributed by atoms with Crippen LogP contribution in [0, 0.1) is 11.7 Å². The molecule has 38 heavy (non-hydrogen) atoms. The molecule has 0 unspecified atom stereocenters. The number of benzene rings is 2. The van der Waals surface area contributed by atoms with Crippen LogP contribution in [0.4, 0.5) is 17.6 Å². The lowest BCUT2D eigenvalue weighted by molar-refractivity contribution is -0.275. The standard InChI is InChI=1S/C26H28F4N2O6/c1-2-36-25(35)17-5-10-20(11-6-17)37-19-8-3-16(4-9-19)23(33)31-13-14-32-24(34)18-7-12-22(21(27)15-18)38-26(28,29)30/h3-4,7-9,12,15,17,20H,2,5-6,10-11,13-14H2,1H3,(H,31,33)(H,32,34)/t17-,20+. The molecule has 0 aliphatic heterocycles. The third kappa shape index (κ3) is 8.63. The first-order chi connectivity index (χ1) is 18.1. The normalized spacial score (nSPS) is 17.3. The summed E-state index contributed by atoms with van der Waals surface area (Å²) in [5.74, 6) is -3.14. The van der Waals surface area contributed by atoms with Crippen molar-refractivity contribution in [1.82, 2.24) is 10.6 Å². The fraction of sp³-hybridized carbons (Fsp3) is 0.423. The van der Waals surface area contributed by atoms with Crippen molar-refractivity contribution in [3.63, 3.8) is 0 Å². The Hall–Kier alpha value is -3.83. The van der Waals surface area contributed by atoms with Crippen molar-refractivity contribution in [1.29, 1.82) is 0 Å². The summed E-state index contributed by atoms with van der Waals surface area (Å²) in [6.45, 7) is 2.21. The lowest BCUT2D eigenvalue weighted by Gasteiger charge is -2.27. The number of esters is 1. The smallest absolute Gasteiger partial charge is 0.490 e. The van der Waals surface area contributed by atoms with Crippen LogP contribution in [-0.2, 0) is 9.53 Å². The van der Waals surface area contributed by atoms with E-state index in [0.717, 1.165) is 18.9 Å². The first-order valence-corrected chi connectivity index (χ1v) is 12.1. The molecule has 2 N–H and O–H groups in total. The van der Waals surface area contributed by atoms with Gasteiger partial charge in [0, 0.05) is 24.2 Å². The Morgan fingerprint density at radius 1 is 0.895 bits per heavy atom. The number of rotatable bonds is 10. The van der Waals surface area contributed by atoms with Gasteiger partial charge < -0.3 is 24.8 Å². The predicted octanol–water partition coefficient (Wildman–Crippen LogP) is 4.38. The van der Waals surface area contributed by atoms with Crippen LogP contribution in [0.25, 0.3) is 0 Å². The largest absolute Gasteiger partial charge is 0.573 e. The molecule has 1 aliphatic carbocycles. The van der Waals surface area contributed by atoms with E-state index in [1.165, 1.54) is 0 Å². The summed E-state index contributed by atoms with van der Waals surface area (Å²) in [5, 5.41) is 5.06. The van der Waals surface area contributed by atoms with Gasteiger partial charge in [-0.3, -0.25) is 14.4 Å². The summed E-state index contributed by atoms with van der Waals surface area (Å²) in [6, 6.07) is 8.88. The quantitative estimate of drug-likeness (QED) is 0.263. The molecule has 1 aliphatic rings. The fourth-order valence-corrected chi connectivity index (χ4v) is 3.96. The summed E-state index contributed by atoms with van der Waals surface area (Å²) in [7, 11) is 0. The van der Waals surface area contributed by atoms with Crippen molar-refractivity contribution >= 4 is 17.8 Å². The zero-order valence-corrected chi connectivity index (χ0v) is 20.6. The van der Waals surface area contributed by atoms with Crippen molar-refractivity contribution in [3.8, 4) is 11.5 Å². The number of ether oxygens (including phenoxy) is 3. The number of carbonyl (C=O) groups is 3.